The smallest absolute Gasteiger partial charge is 0.262 e. The minimum absolute atomic E-state index is 0.0570. The van der Waals surface area contributed by atoms with Gasteiger partial charge >= 0.3 is 0 Å². The van der Waals surface area contributed by atoms with Crippen molar-refractivity contribution in [2.24, 2.45) is 0 Å². The fourth-order valence-corrected chi connectivity index (χ4v) is 5.61. The van der Waals surface area contributed by atoms with Gasteiger partial charge in [0.05, 0.1) is 17.8 Å². The van der Waals surface area contributed by atoms with Crippen molar-refractivity contribution in [1.29, 1.82) is 0 Å². The van der Waals surface area contributed by atoms with Crippen LogP contribution in [0.5, 0.6) is 0 Å². The van der Waals surface area contributed by atoms with Gasteiger partial charge in [-0.15, -0.1) is 11.3 Å². The van der Waals surface area contributed by atoms with Gasteiger partial charge in [0, 0.05) is 24.4 Å². The summed E-state index contributed by atoms with van der Waals surface area (Å²) in [5, 5.41) is 16.2. The van der Waals surface area contributed by atoms with Crippen molar-refractivity contribution < 1.29 is 9.90 Å². The molecule has 0 saturated carbocycles. The first-order valence-corrected chi connectivity index (χ1v) is 11.8. The lowest BCUT2D eigenvalue weighted by Gasteiger charge is -2.13. The predicted octanol–water partition coefficient (Wildman–Crippen LogP) is 3.73. The number of benzene rings is 2. The number of thiophene rings is 1. The summed E-state index contributed by atoms with van der Waals surface area (Å²) in [7, 11) is 0. The van der Waals surface area contributed by atoms with Crippen molar-refractivity contribution in [3.05, 3.63) is 75.1 Å². The number of nitrogens with one attached hydrogen (secondary N) is 1. The number of nitrogens with zero attached hydrogens (tertiary/aromatic N) is 2. The van der Waals surface area contributed by atoms with Gasteiger partial charge in [-0.25, -0.2) is 4.98 Å². The number of rotatable bonds is 6. The summed E-state index contributed by atoms with van der Waals surface area (Å²) >= 11 is 1.63. The Labute approximate surface area is 189 Å². The van der Waals surface area contributed by atoms with Gasteiger partial charge in [0.1, 0.15) is 4.83 Å². The Morgan fingerprint density at radius 3 is 2.84 bits per heavy atom. The molecule has 0 saturated heterocycles. The summed E-state index contributed by atoms with van der Waals surface area (Å²) in [6, 6.07) is 13.7. The van der Waals surface area contributed by atoms with E-state index in [4.69, 9.17) is 0 Å². The molecule has 2 N–H and O–H groups in total. The third-order valence-corrected chi connectivity index (χ3v) is 7.37. The number of amides is 1. The van der Waals surface area contributed by atoms with Crippen LogP contribution in [-0.2, 0) is 24.2 Å². The third-order valence-electron chi connectivity index (χ3n) is 6.17. The van der Waals surface area contributed by atoms with E-state index in [1.807, 2.05) is 42.5 Å². The van der Waals surface area contributed by atoms with Crippen molar-refractivity contribution in [2.45, 2.75) is 44.8 Å². The molecule has 1 atom stereocenters. The minimum Gasteiger partial charge on any atom is -0.387 e. The van der Waals surface area contributed by atoms with Crippen LogP contribution in [0.4, 0.5) is 0 Å². The van der Waals surface area contributed by atoms with Crippen molar-refractivity contribution in [2.75, 3.05) is 6.54 Å². The molecular formula is C25H25N3O3S. The Kier molecular flexibility index (Phi) is 5.76. The molecule has 5 rings (SSSR count). The fraction of sp³-hybridized carbons (Fsp3) is 0.320. The normalized spacial score (nSPS) is 14.4. The van der Waals surface area contributed by atoms with E-state index < -0.39 is 6.10 Å². The number of aliphatic hydroxyl groups excluding tert-OH is 1. The SMILES string of the molecule is O=C(CCn1cnc2sc3c(c2c1=O)CCCC3)NCC(O)c1ccc2ccccc2c1. The molecule has 1 aliphatic rings. The topological polar surface area (TPSA) is 84.2 Å². The highest BCUT2D eigenvalue weighted by Crippen LogP contribution is 2.33. The summed E-state index contributed by atoms with van der Waals surface area (Å²) in [6.07, 6.45) is 5.14. The lowest BCUT2D eigenvalue weighted by atomic mass is 9.97. The fourth-order valence-electron chi connectivity index (χ4n) is 4.39. The van der Waals surface area contributed by atoms with Crippen LogP contribution in [-0.4, -0.2) is 27.1 Å². The van der Waals surface area contributed by atoms with Crippen LogP contribution >= 0.6 is 11.3 Å². The largest absolute Gasteiger partial charge is 0.387 e. The van der Waals surface area contributed by atoms with Crippen LogP contribution in [0.1, 0.15) is 41.4 Å². The molecule has 1 aliphatic carbocycles. The molecule has 0 aliphatic heterocycles. The maximum Gasteiger partial charge on any atom is 0.262 e. The van der Waals surface area contributed by atoms with Crippen LogP contribution in [0.3, 0.4) is 0 Å². The maximum absolute atomic E-state index is 13.0. The monoisotopic (exact) mass is 447 g/mol. The Morgan fingerprint density at radius 1 is 1.16 bits per heavy atom. The Morgan fingerprint density at radius 2 is 1.97 bits per heavy atom. The van der Waals surface area contributed by atoms with E-state index in [0.717, 1.165) is 51.4 Å². The van der Waals surface area contributed by atoms with Gasteiger partial charge in [0.15, 0.2) is 0 Å². The Hall–Kier alpha value is -3.03. The number of aryl methyl sites for hydroxylation is 3. The van der Waals surface area contributed by atoms with E-state index >= 15 is 0 Å². The molecule has 2 heterocycles. The van der Waals surface area contributed by atoms with Crippen molar-refractivity contribution in [3.8, 4) is 0 Å². The summed E-state index contributed by atoms with van der Waals surface area (Å²) in [6.45, 7) is 0.395. The Balaban J connectivity index is 1.21. The van der Waals surface area contributed by atoms with Gasteiger partial charge < -0.3 is 10.4 Å². The predicted molar refractivity (Wildman–Crippen MR) is 127 cm³/mol. The molecule has 0 spiro atoms. The van der Waals surface area contributed by atoms with Crippen LogP contribution < -0.4 is 10.9 Å². The molecule has 1 unspecified atom stereocenters. The highest BCUT2D eigenvalue weighted by atomic mass is 32.1. The highest BCUT2D eigenvalue weighted by Gasteiger charge is 2.20. The zero-order chi connectivity index (χ0) is 22.1. The van der Waals surface area contributed by atoms with Gasteiger partial charge in [0.2, 0.25) is 5.91 Å². The molecule has 6 nitrogen and oxygen atoms in total. The van der Waals surface area contributed by atoms with Crippen molar-refractivity contribution in [1.82, 2.24) is 14.9 Å². The molecular weight excluding hydrogens is 422 g/mol. The molecule has 0 fully saturated rings. The number of hydrogen-bond acceptors (Lipinski definition) is 5. The van der Waals surface area contributed by atoms with Crippen molar-refractivity contribution in [3.63, 3.8) is 0 Å². The van der Waals surface area contributed by atoms with E-state index in [-0.39, 0.29) is 31.0 Å². The van der Waals surface area contributed by atoms with Crippen molar-refractivity contribution >= 4 is 38.2 Å². The lowest BCUT2D eigenvalue weighted by Crippen LogP contribution is -2.30. The Bertz CT molecular complexity index is 1360. The molecule has 164 valence electrons. The number of fused-ring (bicyclic) bond motifs is 4. The van der Waals surface area contributed by atoms with Gasteiger partial charge in [-0.2, -0.15) is 0 Å². The lowest BCUT2D eigenvalue weighted by molar-refractivity contribution is -0.121. The second kappa shape index (κ2) is 8.84. The second-order valence-electron chi connectivity index (χ2n) is 8.31. The maximum atomic E-state index is 13.0. The summed E-state index contributed by atoms with van der Waals surface area (Å²) in [5.41, 5.74) is 1.86. The summed E-state index contributed by atoms with van der Waals surface area (Å²) in [5.74, 6) is -0.204. The zero-order valence-electron chi connectivity index (χ0n) is 17.7. The summed E-state index contributed by atoms with van der Waals surface area (Å²) in [4.78, 5) is 31.9. The number of aromatic nitrogens is 2. The molecule has 2 aromatic heterocycles. The van der Waals surface area contributed by atoms with E-state index in [2.05, 4.69) is 10.3 Å². The number of carbonyl (C=O) groups excluding carboxylic acids is 1. The van der Waals surface area contributed by atoms with Crippen LogP contribution in [0.2, 0.25) is 0 Å². The van der Waals surface area contributed by atoms with Gasteiger partial charge in [-0.1, -0.05) is 36.4 Å². The highest BCUT2D eigenvalue weighted by molar-refractivity contribution is 7.18. The van der Waals surface area contributed by atoms with Gasteiger partial charge in [0.25, 0.3) is 5.56 Å². The number of hydrogen-bond donors (Lipinski definition) is 2. The van der Waals surface area contributed by atoms with Crippen LogP contribution in [0.25, 0.3) is 21.0 Å². The average Bonchev–Trinajstić information content (AvgIpc) is 3.21. The van der Waals surface area contributed by atoms with Crippen LogP contribution in [0, 0.1) is 0 Å². The standard InChI is InChI=1S/C25H25N3O3S/c29-20(18-10-9-16-5-1-2-6-17(16)13-18)14-26-22(30)11-12-28-15-27-24-23(25(28)31)19-7-3-4-8-21(19)32-24/h1-2,5-6,9-10,13,15,20,29H,3-4,7-8,11-12,14H2,(H,26,30). The van der Waals surface area contributed by atoms with Gasteiger partial charge in [-0.05, 0) is 53.6 Å². The summed E-state index contributed by atoms with van der Waals surface area (Å²) < 4.78 is 1.53. The van der Waals surface area contributed by atoms with Gasteiger partial charge in [-0.3, -0.25) is 14.2 Å². The van der Waals surface area contributed by atoms with E-state index in [1.54, 1.807) is 17.7 Å². The third kappa shape index (κ3) is 4.06. The first-order valence-electron chi connectivity index (χ1n) is 11.0. The first kappa shape index (κ1) is 20.8. The molecule has 32 heavy (non-hydrogen) atoms. The molecule has 0 radical (unpaired) electrons. The van der Waals surface area contributed by atoms with E-state index in [0.29, 0.717) is 0 Å². The zero-order valence-corrected chi connectivity index (χ0v) is 18.5. The molecule has 2 aromatic carbocycles. The minimum atomic E-state index is -0.790. The molecule has 4 aromatic rings. The quantitative estimate of drug-likeness (QED) is 0.472. The first-order chi connectivity index (χ1) is 15.6. The second-order valence-corrected chi connectivity index (χ2v) is 9.39. The van der Waals surface area contributed by atoms with E-state index in [9.17, 15) is 14.7 Å². The molecule has 1 amide bonds. The van der Waals surface area contributed by atoms with E-state index in [1.165, 1.54) is 15.9 Å². The number of carbonyl (C=O) groups is 1. The average molecular weight is 448 g/mol. The van der Waals surface area contributed by atoms with Crippen LogP contribution in [0.15, 0.2) is 53.6 Å². The molecule has 7 heteroatoms. The molecule has 0 bridgehead atoms. The number of aliphatic hydroxyl groups is 1.